The summed E-state index contributed by atoms with van der Waals surface area (Å²) in [5.74, 6) is -2.14. The molecular formula is C22H19FN4O3S. The summed E-state index contributed by atoms with van der Waals surface area (Å²) in [7, 11) is 0. The number of rotatable bonds is 3. The molecule has 2 unspecified atom stereocenters. The van der Waals surface area contributed by atoms with Crippen LogP contribution in [0.25, 0.3) is 10.2 Å². The lowest BCUT2D eigenvalue weighted by Gasteiger charge is -2.31. The van der Waals surface area contributed by atoms with Crippen LogP contribution < -0.4 is 10.6 Å². The van der Waals surface area contributed by atoms with Gasteiger partial charge in [-0.3, -0.25) is 14.4 Å². The standard InChI is InChI=1S/C22H19FN4O3S/c23-12-7-8-13-14(11-19(28)24-16(13)10-12)21(30)27-9-3-5-17(27)20(29)26-22-25-15-4-1-2-6-18(15)31-22/h1-2,4,6-8,10,14,17H,3,5,9,11H2,(H,24,28)(H,25,26,29). The van der Waals surface area contributed by atoms with E-state index in [0.717, 1.165) is 10.2 Å². The van der Waals surface area contributed by atoms with Crippen molar-refractivity contribution in [1.29, 1.82) is 0 Å². The smallest absolute Gasteiger partial charge is 0.248 e. The largest absolute Gasteiger partial charge is 0.330 e. The predicted molar refractivity (Wildman–Crippen MR) is 115 cm³/mol. The molecule has 3 heterocycles. The van der Waals surface area contributed by atoms with Gasteiger partial charge in [0.05, 0.1) is 16.1 Å². The molecule has 7 nitrogen and oxygen atoms in total. The third-order valence-corrected chi connectivity index (χ3v) is 6.67. The highest BCUT2D eigenvalue weighted by molar-refractivity contribution is 7.22. The van der Waals surface area contributed by atoms with Crippen LogP contribution in [-0.4, -0.2) is 40.2 Å². The fourth-order valence-electron chi connectivity index (χ4n) is 4.28. The Bertz CT molecular complexity index is 1180. The highest BCUT2D eigenvalue weighted by Crippen LogP contribution is 2.36. The lowest BCUT2D eigenvalue weighted by molar-refractivity contribution is -0.139. The van der Waals surface area contributed by atoms with Crippen LogP contribution in [0.2, 0.25) is 0 Å². The summed E-state index contributed by atoms with van der Waals surface area (Å²) in [6.45, 7) is 0.436. The average Bonchev–Trinajstić information content (AvgIpc) is 3.38. The van der Waals surface area contributed by atoms with Gasteiger partial charge < -0.3 is 15.5 Å². The Kier molecular flexibility index (Phi) is 4.90. The summed E-state index contributed by atoms with van der Waals surface area (Å²) in [6, 6.07) is 11.0. The molecule has 1 fully saturated rings. The van der Waals surface area contributed by atoms with Crippen LogP contribution in [0, 0.1) is 5.82 Å². The van der Waals surface area contributed by atoms with E-state index >= 15 is 0 Å². The van der Waals surface area contributed by atoms with Gasteiger partial charge in [-0.15, -0.1) is 0 Å². The summed E-state index contributed by atoms with van der Waals surface area (Å²) in [5.41, 5.74) is 1.69. The second kappa shape index (κ2) is 7.73. The molecule has 1 saturated heterocycles. The highest BCUT2D eigenvalue weighted by Gasteiger charge is 2.40. The van der Waals surface area contributed by atoms with Gasteiger partial charge >= 0.3 is 0 Å². The second-order valence-electron chi connectivity index (χ2n) is 7.70. The van der Waals surface area contributed by atoms with Gasteiger partial charge in [0.1, 0.15) is 11.9 Å². The number of nitrogens with one attached hydrogen (secondary N) is 2. The molecule has 0 saturated carbocycles. The number of nitrogens with zero attached hydrogens (tertiary/aromatic N) is 2. The molecule has 5 rings (SSSR count). The van der Waals surface area contributed by atoms with E-state index in [4.69, 9.17) is 0 Å². The van der Waals surface area contributed by atoms with Crippen LogP contribution in [-0.2, 0) is 14.4 Å². The molecule has 2 aliphatic heterocycles. The van der Waals surface area contributed by atoms with Crippen molar-refractivity contribution in [3.63, 3.8) is 0 Å². The van der Waals surface area contributed by atoms with Crippen molar-refractivity contribution in [2.24, 2.45) is 0 Å². The van der Waals surface area contributed by atoms with Gasteiger partial charge in [0, 0.05) is 18.7 Å². The molecule has 0 spiro atoms. The molecule has 31 heavy (non-hydrogen) atoms. The Morgan fingerprint density at radius 3 is 2.90 bits per heavy atom. The van der Waals surface area contributed by atoms with Crippen molar-refractivity contribution in [3.05, 3.63) is 53.8 Å². The number of fused-ring (bicyclic) bond motifs is 2. The number of hydrogen-bond donors (Lipinski definition) is 2. The summed E-state index contributed by atoms with van der Waals surface area (Å²) in [4.78, 5) is 44.4. The number of thiazole rings is 1. The number of anilines is 2. The van der Waals surface area contributed by atoms with Crippen molar-refractivity contribution in [3.8, 4) is 0 Å². The normalized spacial score (nSPS) is 20.4. The van der Waals surface area contributed by atoms with Crippen LogP contribution in [0.15, 0.2) is 42.5 Å². The van der Waals surface area contributed by atoms with Gasteiger partial charge in [-0.25, -0.2) is 9.37 Å². The Labute approximate surface area is 181 Å². The molecule has 1 aromatic heterocycles. The number of halogens is 1. The Morgan fingerprint density at radius 2 is 2.06 bits per heavy atom. The molecule has 3 amide bonds. The molecule has 2 aromatic carbocycles. The molecule has 158 valence electrons. The average molecular weight is 438 g/mol. The lowest BCUT2D eigenvalue weighted by atomic mass is 9.89. The molecular weight excluding hydrogens is 419 g/mol. The maximum atomic E-state index is 13.6. The monoisotopic (exact) mass is 438 g/mol. The van der Waals surface area contributed by atoms with Crippen LogP contribution in [0.5, 0.6) is 0 Å². The topological polar surface area (TPSA) is 91.4 Å². The summed E-state index contributed by atoms with van der Waals surface area (Å²) in [5, 5.41) is 5.95. The van der Waals surface area contributed by atoms with E-state index in [1.807, 2.05) is 24.3 Å². The predicted octanol–water partition coefficient (Wildman–Crippen LogP) is 3.49. The maximum absolute atomic E-state index is 13.6. The van der Waals surface area contributed by atoms with Crippen molar-refractivity contribution < 1.29 is 18.8 Å². The van der Waals surface area contributed by atoms with Gasteiger partial charge in [-0.1, -0.05) is 29.5 Å². The lowest BCUT2D eigenvalue weighted by Crippen LogP contribution is -2.46. The fourth-order valence-corrected chi connectivity index (χ4v) is 5.14. The van der Waals surface area contributed by atoms with Gasteiger partial charge in [-0.2, -0.15) is 0 Å². The maximum Gasteiger partial charge on any atom is 0.248 e. The second-order valence-corrected chi connectivity index (χ2v) is 8.73. The number of hydrogen-bond acceptors (Lipinski definition) is 5. The van der Waals surface area contributed by atoms with Crippen LogP contribution in [0.1, 0.15) is 30.7 Å². The first-order valence-corrected chi connectivity index (χ1v) is 10.9. The van der Waals surface area contributed by atoms with E-state index in [-0.39, 0.29) is 24.1 Å². The summed E-state index contributed by atoms with van der Waals surface area (Å²) < 4.78 is 14.6. The first-order chi connectivity index (χ1) is 15.0. The van der Waals surface area contributed by atoms with Crippen molar-refractivity contribution in [1.82, 2.24) is 9.88 Å². The van der Waals surface area contributed by atoms with Crippen molar-refractivity contribution in [2.75, 3.05) is 17.2 Å². The van der Waals surface area contributed by atoms with Gasteiger partial charge in [0.2, 0.25) is 17.7 Å². The van der Waals surface area contributed by atoms with E-state index in [9.17, 15) is 18.8 Å². The van der Waals surface area contributed by atoms with Gasteiger partial charge in [0.15, 0.2) is 5.13 Å². The molecule has 9 heteroatoms. The van der Waals surface area contributed by atoms with E-state index in [2.05, 4.69) is 15.6 Å². The first kappa shape index (κ1) is 19.6. The van der Waals surface area contributed by atoms with E-state index in [1.54, 1.807) is 4.90 Å². The Morgan fingerprint density at radius 1 is 1.23 bits per heavy atom. The van der Waals surface area contributed by atoms with E-state index in [1.165, 1.54) is 29.5 Å². The summed E-state index contributed by atoms with van der Waals surface area (Å²) in [6.07, 6.45) is 1.21. The number of para-hydroxylation sites is 1. The number of likely N-dealkylation sites (tertiary alicyclic amines) is 1. The minimum Gasteiger partial charge on any atom is -0.330 e. The SMILES string of the molecule is O=C1CC(C(=O)N2CCCC2C(=O)Nc2nc3ccccc3s2)c2ccc(F)cc2N1. The minimum absolute atomic E-state index is 0.0276. The van der Waals surface area contributed by atoms with Crippen LogP contribution >= 0.6 is 11.3 Å². The highest BCUT2D eigenvalue weighted by atomic mass is 32.1. The third kappa shape index (κ3) is 3.65. The fraction of sp³-hybridized carbons (Fsp3) is 0.273. The molecule has 0 radical (unpaired) electrons. The number of aromatic nitrogens is 1. The molecule has 2 aliphatic rings. The van der Waals surface area contributed by atoms with E-state index < -0.39 is 17.8 Å². The molecule has 2 atom stereocenters. The molecule has 0 aliphatic carbocycles. The Balaban J connectivity index is 1.37. The zero-order valence-corrected chi connectivity index (χ0v) is 17.2. The minimum atomic E-state index is -0.736. The van der Waals surface area contributed by atoms with Crippen molar-refractivity contribution in [2.45, 2.75) is 31.2 Å². The summed E-state index contributed by atoms with van der Waals surface area (Å²) >= 11 is 1.38. The molecule has 0 bridgehead atoms. The Hall–Kier alpha value is -3.33. The van der Waals surface area contributed by atoms with Crippen molar-refractivity contribution >= 4 is 50.1 Å². The van der Waals surface area contributed by atoms with Gasteiger partial charge in [0.25, 0.3) is 0 Å². The van der Waals surface area contributed by atoms with E-state index in [0.29, 0.717) is 35.8 Å². The number of benzene rings is 2. The quantitative estimate of drug-likeness (QED) is 0.655. The number of carbonyl (C=O) groups is 3. The van der Waals surface area contributed by atoms with Crippen LogP contribution in [0.4, 0.5) is 15.2 Å². The zero-order chi connectivity index (χ0) is 21.5. The molecule has 3 aromatic rings. The first-order valence-electron chi connectivity index (χ1n) is 10.1. The molecule has 2 N–H and O–H groups in total. The van der Waals surface area contributed by atoms with Crippen LogP contribution in [0.3, 0.4) is 0 Å². The number of carbonyl (C=O) groups excluding carboxylic acids is 3. The third-order valence-electron chi connectivity index (χ3n) is 5.72. The number of amides is 3. The van der Waals surface area contributed by atoms with Gasteiger partial charge in [-0.05, 0) is 42.7 Å². The zero-order valence-electron chi connectivity index (χ0n) is 16.4.